The summed E-state index contributed by atoms with van der Waals surface area (Å²) in [7, 11) is 1.87. The molecular formula is C17H26N6O2. The first kappa shape index (κ1) is 17.5. The highest BCUT2D eigenvalue weighted by Gasteiger charge is 2.31. The summed E-state index contributed by atoms with van der Waals surface area (Å²) in [6, 6.07) is 0.0954. The number of hydrogen-bond donors (Lipinski definition) is 2. The zero-order valence-corrected chi connectivity index (χ0v) is 15.0. The number of anilines is 1. The van der Waals surface area contributed by atoms with Crippen molar-refractivity contribution in [1.82, 2.24) is 24.2 Å². The van der Waals surface area contributed by atoms with Gasteiger partial charge in [-0.1, -0.05) is 0 Å². The number of aliphatic hydroxyl groups excluding tert-OH is 1. The minimum Gasteiger partial charge on any atom is -0.385 e. The lowest BCUT2D eigenvalue weighted by Crippen LogP contribution is -2.44. The van der Waals surface area contributed by atoms with Gasteiger partial charge in [0.25, 0.3) is 0 Å². The second-order valence-corrected chi connectivity index (χ2v) is 6.92. The van der Waals surface area contributed by atoms with Crippen LogP contribution in [0.15, 0.2) is 24.8 Å². The molecule has 0 bridgehead atoms. The quantitative estimate of drug-likeness (QED) is 0.888. The summed E-state index contributed by atoms with van der Waals surface area (Å²) in [5, 5.41) is 17.7. The minimum absolute atomic E-state index is 0.0148. The van der Waals surface area contributed by atoms with Crippen molar-refractivity contribution in [3.8, 4) is 0 Å². The second kappa shape index (κ2) is 7.26. The highest BCUT2D eigenvalue weighted by atomic mass is 16.3. The van der Waals surface area contributed by atoms with Gasteiger partial charge in [-0.2, -0.15) is 5.10 Å². The molecule has 0 radical (unpaired) electrons. The van der Waals surface area contributed by atoms with Crippen LogP contribution in [0.1, 0.15) is 44.7 Å². The molecule has 1 saturated heterocycles. The Balaban J connectivity index is 1.62. The molecule has 0 aromatic carbocycles. The van der Waals surface area contributed by atoms with Gasteiger partial charge in [0.15, 0.2) is 0 Å². The maximum atomic E-state index is 12.5. The molecular weight excluding hydrogens is 320 g/mol. The first-order valence-corrected chi connectivity index (χ1v) is 8.71. The maximum absolute atomic E-state index is 12.5. The van der Waals surface area contributed by atoms with Gasteiger partial charge in [-0.3, -0.25) is 4.68 Å². The van der Waals surface area contributed by atoms with Gasteiger partial charge in [0, 0.05) is 50.7 Å². The predicted molar refractivity (Wildman–Crippen MR) is 94.1 cm³/mol. The molecule has 8 heteroatoms. The largest absolute Gasteiger partial charge is 0.385 e. The van der Waals surface area contributed by atoms with E-state index in [-0.39, 0.29) is 18.0 Å². The van der Waals surface area contributed by atoms with Crippen LogP contribution < -0.4 is 5.32 Å². The summed E-state index contributed by atoms with van der Waals surface area (Å²) in [6.45, 7) is 5.27. The molecule has 2 N–H and O–H groups in total. The molecule has 0 spiro atoms. The van der Waals surface area contributed by atoms with Crippen LogP contribution in [-0.4, -0.2) is 48.5 Å². The summed E-state index contributed by atoms with van der Waals surface area (Å²) < 4.78 is 3.63. The van der Waals surface area contributed by atoms with Crippen molar-refractivity contribution in [2.75, 3.05) is 18.4 Å². The molecule has 2 amide bonds. The summed E-state index contributed by atoms with van der Waals surface area (Å²) in [4.78, 5) is 18.5. The van der Waals surface area contributed by atoms with Gasteiger partial charge >= 0.3 is 6.03 Å². The number of carbonyl (C=O) groups excluding carboxylic acids is 1. The zero-order valence-electron chi connectivity index (χ0n) is 15.0. The summed E-state index contributed by atoms with van der Waals surface area (Å²) >= 11 is 0. The van der Waals surface area contributed by atoms with E-state index in [9.17, 15) is 9.90 Å². The van der Waals surface area contributed by atoms with Crippen LogP contribution >= 0.6 is 0 Å². The first-order valence-electron chi connectivity index (χ1n) is 8.71. The third-order valence-corrected chi connectivity index (χ3v) is 4.70. The van der Waals surface area contributed by atoms with E-state index in [1.165, 1.54) is 0 Å². The molecule has 2 atom stereocenters. The van der Waals surface area contributed by atoms with Crippen molar-refractivity contribution in [2.24, 2.45) is 13.0 Å². The Kier molecular flexibility index (Phi) is 5.08. The number of carbonyl (C=O) groups is 1. The number of hydrogen-bond acceptors (Lipinski definition) is 4. The number of imidazole rings is 1. The van der Waals surface area contributed by atoms with Crippen molar-refractivity contribution in [3.63, 3.8) is 0 Å². The molecule has 2 aromatic heterocycles. The number of urea groups is 1. The smallest absolute Gasteiger partial charge is 0.321 e. The van der Waals surface area contributed by atoms with E-state index >= 15 is 0 Å². The molecule has 0 saturated carbocycles. The Hall–Kier alpha value is -2.35. The van der Waals surface area contributed by atoms with Crippen LogP contribution in [-0.2, 0) is 7.05 Å². The molecule has 0 unspecified atom stereocenters. The number of likely N-dealkylation sites (tertiary alicyclic amines) is 1. The molecule has 8 nitrogen and oxygen atoms in total. The number of nitrogens with zero attached hydrogens (tertiary/aromatic N) is 5. The first-order chi connectivity index (χ1) is 12.0. The number of rotatable bonds is 4. The van der Waals surface area contributed by atoms with Gasteiger partial charge in [-0.05, 0) is 26.7 Å². The molecule has 0 aliphatic carbocycles. The Labute approximate surface area is 147 Å². The molecule has 3 rings (SSSR count). The zero-order chi connectivity index (χ0) is 18.0. The van der Waals surface area contributed by atoms with E-state index in [2.05, 4.69) is 15.4 Å². The lowest BCUT2D eigenvalue weighted by Gasteiger charge is -2.34. The average molecular weight is 346 g/mol. The number of amides is 2. The van der Waals surface area contributed by atoms with E-state index < -0.39 is 6.10 Å². The van der Waals surface area contributed by atoms with E-state index in [1.54, 1.807) is 22.0 Å². The molecule has 136 valence electrons. The van der Waals surface area contributed by atoms with Crippen molar-refractivity contribution >= 4 is 11.7 Å². The highest BCUT2D eigenvalue weighted by molar-refractivity contribution is 5.89. The number of nitrogens with one attached hydrogen (secondary N) is 1. The lowest BCUT2D eigenvalue weighted by molar-refractivity contribution is 0.0552. The monoisotopic (exact) mass is 346 g/mol. The molecule has 2 aromatic rings. The SMILES string of the molecule is CC(C)n1cc(NC(=O)N2CCC[C@@H]([C@@H](O)c3nccn3C)C2)cn1. The van der Waals surface area contributed by atoms with Crippen molar-refractivity contribution in [3.05, 3.63) is 30.6 Å². The van der Waals surface area contributed by atoms with E-state index in [4.69, 9.17) is 0 Å². The molecule has 1 aliphatic rings. The van der Waals surface area contributed by atoms with Crippen LogP contribution in [0.3, 0.4) is 0 Å². The summed E-state index contributed by atoms with van der Waals surface area (Å²) in [5.41, 5.74) is 0.686. The topological polar surface area (TPSA) is 88.2 Å². The normalized spacial score (nSPS) is 19.2. The van der Waals surface area contributed by atoms with E-state index in [0.29, 0.717) is 24.6 Å². The number of aromatic nitrogens is 4. The fourth-order valence-corrected chi connectivity index (χ4v) is 3.21. The fraction of sp³-hybridized carbons (Fsp3) is 0.588. The van der Waals surface area contributed by atoms with Gasteiger partial charge in [-0.25, -0.2) is 9.78 Å². The van der Waals surface area contributed by atoms with Gasteiger partial charge in [-0.15, -0.1) is 0 Å². The maximum Gasteiger partial charge on any atom is 0.321 e. The summed E-state index contributed by atoms with van der Waals surface area (Å²) in [5.74, 6) is 0.629. The Morgan fingerprint density at radius 2 is 2.24 bits per heavy atom. The molecule has 25 heavy (non-hydrogen) atoms. The average Bonchev–Trinajstić information content (AvgIpc) is 3.23. The molecule has 1 aliphatic heterocycles. The number of aliphatic hydroxyl groups is 1. The third kappa shape index (κ3) is 3.84. The number of piperidine rings is 1. The minimum atomic E-state index is -0.667. The van der Waals surface area contributed by atoms with Gasteiger partial charge in [0.2, 0.25) is 0 Å². The van der Waals surface area contributed by atoms with Crippen LogP contribution in [0.25, 0.3) is 0 Å². The van der Waals surface area contributed by atoms with Gasteiger partial charge < -0.3 is 19.9 Å². The predicted octanol–water partition coefficient (Wildman–Crippen LogP) is 2.17. The number of aryl methyl sites for hydroxylation is 1. The second-order valence-electron chi connectivity index (χ2n) is 6.92. The molecule has 1 fully saturated rings. The Morgan fingerprint density at radius 1 is 1.44 bits per heavy atom. The third-order valence-electron chi connectivity index (χ3n) is 4.70. The van der Waals surface area contributed by atoms with E-state index in [0.717, 1.165) is 12.8 Å². The standard InChI is InChI=1S/C17H26N6O2/c1-12(2)23-11-14(9-19-23)20-17(25)22-7-4-5-13(10-22)15(24)16-18-6-8-21(16)3/h6,8-9,11-13,15,24H,4-5,7,10H2,1-3H3,(H,20,25)/t13-,15-/m1/s1. The van der Waals surface area contributed by atoms with Crippen LogP contribution in [0, 0.1) is 5.92 Å². The Bertz CT molecular complexity index is 722. The van der Waals surface area contributed by atoms with Crippen molar-refractivity contribution in [2.45, 2.75) is 38.8 Å². The summed E-state index contributed by atoms with van der Waals surface area (Å²) in [6.07, 6.45) is 8.05. The highest BCUT2D eigenvalue weighted by Crippen LogP contribution is 2.29. The fourth-order valence-electron chi connectivity index (χ4n) is 3.21. The Morgan fingerprint density at radius 3 is 2.88 bits per heavy atom. The van der Waals surface area contributed by atoms with Crippen LogP contribution in [0.5, 0.6) is 0 Å². The van der Waals surface area contributed by atoms with Gasteiger partial charge in [0.05, 0.1) is 11.9 Å². The lowest BCUT2D eigenvalue weighted by atomic mass is 9.92. The van der Waals surface area contributed by atoms with Crippen LogP contribution in [0.2, 0.25) is 0 Å². The van der Waals surface area contributed by atoms with Crippen molar-refractivity contribution in [1.29, 1.82) is 0 Å². The van der Waals surface area contributed by atoms with Gasteiger partial charge in [0.1, 0.15) is 11.9 Å². The molecule has 3 heterocycles. The van der Waals surface area contributed by atoms with Crippen LogP contribution in [0.4, 0.5) is 10.5 Å². The van der Waals surface area contributed by atoms with E-state index in [1.807, 2.05) is 37.9 Å². The van der Waals surface area contributed by atoms with Crippen molar-refractivity contribution < 1.29 is 9.90 Å².